The molecule has 0 fully saturated rings. The molecule has 1 aromatic heterocycles. The number of rotatable bonds is 7. The first kappa shape index (κ1) is 19.9. The second-order valence-electron chi connectivity index (χ2n) is 5.96. The zero-order valence-electron chi connectivity index (χ0n) is 15.0. The number of nitrogens with zero attached hydrogens (tertiary/aromatic N) is 3. The molecule has 2 aromatic carbocycles. The Kier molecular flexibility index (Phi) is 6.33. The maximum Gasteiger partial charge on any atom is 0.269 e. The van der Waals surface area contributed by atoms with Crippen molar-refractivity contribution in [2.75, 3.05) is 11.1 Å². The van der Waals surface area contributed by atoms with E-state index in [0.29, 0.717) is 28.7 Å². The van der Waals surface area contributed by atoms with E-state index in [1.807, 2.05) is 31.2 Å². The molecule has 28 heavy (non-hydrogen) atoms. The van der Waals surface area contributed by atoms with E-state index in [1.165, 1.54) is 12.1 Å². The molecule has 0 aliphatic carbocycles. The van der Waals surface area contributed by atoms with Crippen molar-refractivity contribution in [3.63, 3.8) is 0 Å². The Morgan fingerprint density at radius 2 is 1.89 bits per heavy atom. The number of nitrogens with one attached hydrogen (secondary N) is 1. The number of halogens is 1. The van der Waals surface area contributed by atoms with Crippen LogP contribution in [0.1, 0.15) is 12.1 Å². The van der Waals surface area contributed by atoms with Crippen LogP contribution in [0.3, 0.4) is 0 Å². The van der Waals surface area contributed by atoms with Gasteiger partial charge in [0.1, 0.15) is 5.82 Å². The van der Waals surface area contributed by atoms with Crippen molar-refractivity contribution in [1.29, 1.82) is 0 Å². The highest BCUT2D eigenvalue weighted by molar-refractivity contribution is 7.99. The number of carbonyl (C=O) groups is 1. The lowest BCUT2D eigenvalue weighted by molar-refractivity contribution is -0.384. The number of carbonyl (C=O) groups excluding carboxylic acids is 1. The van der Waals surface area contributed by atoms with Crippen LogP contribution in [0.15, 0.2) is 59.5 Å². The van der Waals surface area contributed by atoms with Gasteiger partial charge in [-0.15, -0.1) is 11.8 Å². The normalized spacial score (nSPS) is 10.6. The Morgan fingerprint density at radius 1 is 1.21 bits per heavy atom. The molecule has 0 radical (unpaired) electrons. The zero-order chi connectivity index (χ0) is 20.1. The van der Waals surface area contributed by atoms with E-state index in [0.717, 1.165) is 10.6 Å². The molecule has 0 saturated heterocycles. The SMILES string of the molecule is Cc1cc(NC(=O)CCSc2ccc(Cl)cc2)n(-c2ccc([N+](=O)[O-])cc2)n1. The molecule has 1 amide bonds. The van der Waals surface area contributed by atoms with E-state index in [1.54, 1.807) is 34.6 Å². The summed E-state index contributed by atoms with van der Waals surface area (Å²) in [6.07, 6.45) is 0.331. The monoisotopic (exact) mass is 416 g/mol. The first-order valence-electron chi connectivity index (χ1n) is 8.42. The number of thioether (sulfide) groups is 1. The minimum absolute atomic E-state index is 0.00237. The summed E-state index contributed by atoms with van der Waals surface area (Å²) in [5.74, 6) is 1.01. The van der Waals surface area contributed by atoms with Gasteiger partial charge >= 0.3 is 0 Å². The smallest absolute Gasteiger partial charge is 0.269 e. The van der Waals surface area contributed by atoms with Crippen LogP contribution in [-0.2, 0) is 4.79 Å². The van der Waals surface area contributed by atoms with Crippen LogP contribution >= 0.6 is 23.4 Å². The summed E-state index contributed by atoms with van der Waals surface area (Å²) >= 11 is 7.44. The highest BCUT2D eigenvalue weighted by Crippen LogP contribution is 2.22. The number of hydrogen-bond donors (Lipinski definition) is 1. The second kappa shape index (κ2) is 8.90. The number of aromatic nitrogens is 2. The standard InChI is InChI=1S/C19H17ClN4O3S/c1-13-12-18(23(22-13)15-4-6-16(7-5-15)24(26)27)21-19(25)10-11-28-17-8-2-14(20)3-9-17/h2-9,12H,10-11H2,1H3,(H,21,25). The van der Waals surface area contributed by atoms with E-state index >= 15 is 0 Å². The number of anilines is 1. The van der Waals surface area contributed by atoms with E-state index in [2.05, 4.69) is 10.4 Å². The van der Waals surface area contributed by atoms with Gasteiger partial charge in [0.2, 0.25) is 5.91 Å². The van der Waals surface area contributed by atoms with Crippen molar-refractivity contribution in [2.45, 2.75) is 18.2 Å². The molecule has 0 saturated carbocycles. The van der Waals surface area contributed by atoms with Crippen molar-refractivity contribution in [3.05, 3.63) is 75.4 Å². The van der Waals surface area contributed by atoms with Crippen molar-refractivity contribution < 1.29 is 9.72 Å². The molecule has 1 heterocycles. The minimum atomic E-state index is -0.459. The fraction of sp³-hybridized carbons (Fsp3) is 0.158. The molecule has 0 spiro atoms. The van der Waals surface area contributed by atoms with E-state index in [-0.39, 0.29) is 11.6 Å². The third kappa shape index (κ3) is 5.11. The lowest BCUT2D eigenvalue weighted by Crippen LogP contribution is -2.15. The summed E-state index contributed by atoms with van der Waals surface area (Å²) < 4.78 is 1.56. The minimum Gasteiger partial charge on any atom is -0.311 e. The van der Waals surface area contributed by atoms with Gasteiger partial charge in [-0.05, 0) is 43.3 Å². The lowest BCUT2D eigenvalue weighted by Gasteiger charge is -2.09. The molecule has 1 N–H and O–H groups in total. The maximum atomic E-state index is 12.3. The molecular formula is C19H17ClN4O3S. The van der Waals surface area contributed by atoms with E-state index in [4.69, 9.17) is 11.6 Å². The maximum absolute atomic E-state index is 12.3. The van der Waals surface area contributed by atoms with Crippen molar-refractivity contribution in [1.82, 2.24) is 9.78 Å². The Morgan fingerprint density at radius 3 is 2.54 bits per heavy atom. The van der Waals surface area contributed by atoms with Gasteiger partial charge in [-0.2, -0.15) is 5.10 Å². The second-order valence-corrected chi connectivity index (χ2v) is 7.56. The fourth-order valence-electron chi connectivity index (χ4n) is 2.50. The van der Waals surface area contributed by atoms with Gasteiger partial charge in [0, 0.05) is 40.3 Å². The number of nitro groups is 1. The van der Waals surface area contributed by atoms with E-state index in [9.17, 15) is 14.9 Å². The predicted molar refractivity (Wildman–Crippen MR) is 110 cm³/mol. The first-order chi connectivity index (χ1) is 13.4. The van der Waals surface area contributed by atoms with E-state index < -0.39 is 4.92 Å². The zero-order valence-corrected chi connectivity index (χ0v) is 16.5. The molecule has 0 unspecified atom stereocenters. The van der Waals surface area contributed by atoms with Gasteiger partial charge in [-0.3, -0.25) is 14.9 Å². The van der Waals surface area contributed by atoms with Gasteiger partial charge in [0.25, 0.3) is 5.69 Å². The molecule has 0 aliphatic heterocycles. The third-order valence-electron chi connectivity index (χ3n) is 3.82. The molecule has 7 nitrogen and oxygen atoms in total. The summed E-state index contributed by atoms with van der Waals surface area (Å²) in [5.41, 5.74) is 1.35. The van der Waals surface area contributed by atoms with Crippen LogP contribution in [0.2, 0.25) is 5.02 Å². The quantitative estimate of drug-likeness (QED) is 0.337. The Bertz CT molecular complexity index is 987. The molecule has 144 valence electrons. The van der Waals surface area contributed by atoms with Crippen LogP contribution in [0.5, 0.6) is 0 Å². The molecule has 3 aromatic rings. The Labute approximate surface area is 170 Å². The van der Waals surface area contributed by atoms with Crippen LogP contribution in [0, 0.1) is 17.0 Å². The molecule has 0 bridgehead atoms. The summed E-state index contributed by atoms with van der Waals surface area (Å²) in [6, 6.07) is 15.2. The largest absolute Gasteiger partial charge is 0.311 e. The summed E-state index contributed by atoms with van der Waals surface area (Å²) in [7, 11) is 0. The predicted octanol–water partition coefficient (Wildman–Crippen LogP) is 4.86. The van der Waals surface area contributed by atoms with Crippen LogP contribution in [0.25, 0.3) is 5.69 Å². The highest BCUT2D eigenvalue weighted by Gasteiger charge is 2.12. The summed E-state index contributed by atoms with van der Waals surface area (Å²) in [5, 5.41) is 18.7. The Balaban J connectivity index is 1.63. The number of nitro benzene ring substituents is 1. The van der Waals surface area contributed by atoms with Gasteiger partial charge < -0.3 is 5.32 Å². The van der Waals surface area contributed by atoms with Crippen LogP contribution < -0.4 is 5.32 Å². The summed E-state index contributed by atoms with van der Waals surface area (Å²) in [4.78, 5) is 23.7. The number of non-ortho nitro benzene ring substituents is 1. The molecule has 0 aliphatic rings. The topological polar surface area (TPSA) is 90.1 Å². The van der Waals surface area contributed by atoms with Crippen molar-refractivity contribution in [3.8, 4) is 5.69 Å². The first-order valence-corrected chi connectivity index (χ1v) is 9.78. The average molecular weight is 417 g/mol. The van der Waals surface area contributed by atoms with Gasteiger partial charge in [0.05, 0.1) is 16.3 Å². The fourth-order valence-corrected chi connectivity index (χ4v) is 3.48. The molecule has 3 rings (SSSR count). The molecule has 9 heteroatoms. The number of amides is 1. The Hall–Kier alpha value is -2.84. The lowest BCUT2D eigenvalue weighted by atomic mass is 10.3. The van der Waals surface area contributed by atoms with Gasteiger partial charge in [0.15, 0.2) is 0 Å². The highest BCUT2D eigenvalue weighted by atomic mass is 35.5. The molecule has 0 atom stereocenters. The molecular weight excluding hydrogens is 400 g/mol. The third-order valence-corrected chi connectivity index (χ3v) is 5.08. The number of hydrogen-bond acceptors (Lipinski definition) is 5. The van der Waals surface area contributed by atoms with Gasteiger partial charge in [-0.1, -0.05) is 11.6 Å². The van der Waals surface area contributed by atoms with Crippen molar-refractivity contribution >= 4 is 40.8 Å². The number of aryl methyl sites for hydroxylation is 1. The van der Waals surface area contributed by atoms with Gasteiger partial charge in [-0.25, -0.2) is 4.68 Å². The van der Waals surface area contributed by atoms with Crippen molar-refractivity contribution in [2.24, 2.45) is 0 Å². The van der Waals surface area contributed by atoms with Crippen LogP contribution in [-0.4, -0.2) is 26.4 Å². The van der Waals surface area contributed by atoms with Crippen LogP contribution in [0.4, 0.5) is 11.5 Å². The summed E-state index contributed by atoms with van der Waals surface area (Å²) in [6.45, 7) is 1.81. The number of benzene rings is 2. The average Bonchev–Trinajstić information content (AvgIpc) is 3.03.